The normalized spacial score (nSPS) is 18.3. The van der Waals surface area contributed by atoms with Crippen LogP contribution in [0.15, 0.2) is 41.3 Å². The lowest BCUT2D eigenvalue weighted by molar-refractivity contribution is -0.383. The summed E-state index contributed by atoms with van der Waals surface area (Å²) in [5.74, 6) is 0. The molecule has 0 N–H and O–H groups in total. The molecule has 12 heteroatoms. The van der Waals surface area contributed by atoms with Gasteiger partial charge in [-0.05, 0) is 36.5 Å². The van der Waals surface area contributed by atoms with Gasteiger partial charge >= 0.3 is 6.18 Å². The van der Waals surface area contributed by atoms with Gasteiger partial charge in [-0.25, -0.2) is 0 Å². The Bertz CT molecular complexity index is 1300. The largest absolute Gasteiger partial charge is 0.416 e. The Hall–Kier alpha value is -3.12. The highest BCUT2D eigenvalue weighted by molar-refractivity contribution is 7.22. The average molecular weight is 491 g/mol. The van der Waals surface area contributed by atoms with E-state index in [2.05, 4.69) is 14.9 Å². The van der Waals surface area contributed by atoms with E-state index in [0.717, 1.165) is 49.5 Å². The third-order valence-corrected chi connectivity index (χ3v) is 7.70. The van der Waals surface area contributed by atoms with E-state index in [0.29, 0.717) is 30.4 Å². The fourth-order valence-corrected chi connectivity index (χ4v) is 5.92. The van der Waals surface area contributed by atoms with Gasteiger partial charge in [0.1, 0.15) is 4.70 Å². The van der Waals surface area contributed by atoms with Crippen molar-refractivity contribution in [1.82, 2.24) is 14.9 Å². The van der Waals surface area contributed by atoms with E-state index in [4.69, 9.17) is 0 Å². The summed E-state index contributed by atoms with van der Waals surface area (Å²) in [6.07, 6.45) is -1.27. The van der Waals surface area contributed by atoms with Gasteiger partial charge in [0.05, 0.1) is 21.6 Å². The van der Waals surface area contributed by atoms with Crippen molar-refractivity contribution in [2.45, 2.75) is 25.6 Å². The van der Waals surface area contributed by atoms with Crippen molar-refractivity contribution >= 4 is 32.2 Å². The highest BCUT2D eigenvalue weighted by Gasteiger charge is 2.45. The van der Waals surface area contributed by atoms with E-state index in [1.54, 1.807) is 6.20 Å². The molecule has 0 aliphatic carbocycles. The molecule has 2 aliphatic heterocycles. The van der Waals surface area contributed by atoms with Crippen LogP contribution in [-0.4, -0.2) is 46.0 Å². The van der Waals surface area contributed by atoms with E-state index < -0.39 is 27.9 Å². The smallest absolute Gasteiger partial charge is 0.348 e. The van der Waals surface area contributed by atoms with E-state index in [1.807, 2.05) is 23.1 Å². The van der Waals surface area contributed by atoms with Crippen LogP contribution in [0.5, 0.6) is 0 Å². The number of nitrogens with zero attached hydrogens (tertiary/aromatic N) is 5. The minimum absolute atomic E-state index is 0.0848. The molecule has 1 spiro atoms. The number of piperidine rings is 1. The maximum absolute atomic E-state index is 13.2. The molecule has 0 bridgehead atoms. The molecule has 2 saturated heterocycles. The number of fused-ring (bicyclic) bond motifs is 1. The Balaban J connectivity index is 1.33. The first-order valence-electron chi connectivity index (χ1n) is 10.7. The van der Waals surface area contributed by atoms with E-state index in [-0.39, 0.29) is 15.5 Å². The average Bonchev–Trinajstić information content (AvgIpc) is 2.78. The van der Waals surface area contributed by atoms with Gasteiger partial charge in [0.2, 0.25) is 0 Å². The fourth-order valence-electron chi connectivity index (χ4n) is 4.80. The molecule has 178 valence electrons. The third-order valence-electron chi connectivity index (χ3n) is 6.54. The highest BCUT2D eigenvalue weighted by atomic mass is 32.1. The second-order valence-corrected chi connectivity index (χ2v) is 9.86. The number of hydrogen-bond acceptors (Lipinski definition) is 8. The summed E-state index contributed by atoms with van der Waals surface area (Å²) < 4.78 is 39.4. The van der Waals surface area contributed by atoms with E-state index in [9.17, 15) is 28.1 Å². The molecule has 2 fully saturated rings. The van der Waals surface area contributed by atoms with Crippen LogP contribution >= 0.6 is 11.3 Å². The van der Waals surface area contributed by atoms with Crippen LogP contribution in [0.4, 0.5) is 24.0 Å². The van der Waals surface area contributed by atoms with Crippen molar-refractivity contribution < 1.29 is 18.1 Å². The van der Waals surface area contributed by atoms with Crippen molar-refractivity contribution in [3.63, 3.8) is 0 Å². The van der Waals surface area contributed by atoms with Crippen molar-refractivity contribution in [2.75, 3.05) is 31.1 Å². The minimum atomic E-state index is -4.80. The molecule has 34 heavy (non-hydrogen) atoms. The summed E-state index contributed by atoms with van der Waals surface area (Å²) in [4.78, 5) is 35.8. The van der Waals surface area contributed by atoms with Gasteiger partial charge in [0.15, 0.2) is 5.13 Å². The Morgan fingerprint density at radius 3 is 2.53 bits per heavy atom. The molecule has 0 unspecified atom stereocenters. The topological polar surface area (TPSA) is 92.5 Å². The Kier molecular flexibility index (Phi) is 5.52. The van der Waals surface area contributed by atoms with E-state index >= 15 is 0 Å². The second-order valence-electron chi connectivity index (χ2n) is 8.88. The van der Waals surface area contributed by atoms with Crippen molar-refractivity contribution in [1.29, 1.82) is 0 Å². The fraction of sp³-hybridized carbons (Fsp3) is 0.409. The number of anilines is 1. The first kappa shape index (κ1) is 22.7. The Morgan fingerprint density at radius 2 is 1.91 bits per heavy atom. The Morgan fingerprint density at radius 1 is 1.18 bits per heavy atom. The van der Waals surface area contributed by atoms with Crippen molar-refractivity contribution in [3.05, 3.63) is 68.3 Å². The number of rotatable bonds is 4. The third kappa shape index (κ3) is 4.23. The number of benzene rings is 1. The summed E-state index contributed by atoms with van der Waals surface area (Å²) in [6, 6.07) is 6.98. The summed E-state index contributed by atoms with van der Waals surface area (Å²) in [5, 5.41) is 11.4. The second kappa shape index (κ2) is 8.27. The molecule has 0 atom stereocenters. The van der Waals surface area contributed by atoms with Crippen LogP contribution in [0.2, 0.25) is 0 Å². The van der Waals surface area contributed by atoms with Gasteiger partial charge in [-0.2, -0.15) is 18.2 Å². The predicted octanol–water partition coefficient (Wildman–Crippen LogP) is 4.08. The van der Waals surface area contributed by atoms with Crippen LogP contribution in [0.25, 0.3) is 10.1 Å². The highest BCUT2D eigenvalue weighted by Crippen LogP contribution is 2.43. The number of nitro benzene ring substituents is 1. The molecular formula is C22H20F3N5O3S. The minimum Gasteiger partial charge on any atom is -0.348 e. The standard InChI is InChI=1S/C22H20F3N5O3S/c23-22(24,25)14-9-16-18(17(10-14)30(32)33)34-20(27-19(16)31)29-7-4-21(5-8-29)12-28(13-21)11-15-3-1-2-6-26-15/h1-3,6,9-10H,4-5,7-8,11-13H2. The molecule has 8 nitrogen and oxygen atoms in total. The van der Waals surface area contributed by atoms with Gasteiger partial charge in [0.25, 0.3) is 11.2 Å². The molecule has 4 heterocycles. The van der Waals surface area contributed by atoms with Gasteiger partial charge in [-0.15, -0.1) is 0 Å². The quantitative estimate of drug-likeness (QED) is 0.401. The number of halogens is 3. The van der Waals surface area contributed by atoms with Crippen LogP contribution in [0, 0.1) is 15.5 Å². The van der Waals surface area contributed by atoms with Gasteiger partial charge < -0.3 is 4.90 Å². The number of nitro groups is 1. The Labute approximate surface area is 195 Å². The number of hydrogen-bond donors (Lipinski definition) is 0. The lowest BCUT2D eigenvalue weighted by atomic mass is 9.72. The van der Waals surface area contributed by atoms with Crippen LogP contribution in [-0.2, 0) is 12.7 Å². The maximum Gasteiger partial charge on any atom is 0.416 e. The summed E-state index contributed by atoms with van der Waals surface area (Å²) in [5.41, 5.74) is -1.64. The summed E-state index contributed by atoms with van der Waals surface area (Å²) in [6.45, 7) is 3.94. The molecule has 1 aromatic carbocycles. The zero-order valence-corrected chi connectivity index (χ0v) is 18.7. The molecule has 2 aliphatic rings. The summed E-state index contributed by atoms with van der Waals surface area (Å²) >= 11 is 0.897. The molecule has 0 saturated carbocycles. The molecule has 0 radical (unpaired) electrons. The number of pyridine rings is 1. The van der Waals surface area contributed by atoms with E-state index in [1.165, 1.54) is 0 Å². The molecule has 0 amide bonds. The van der Waals surface area contributed by atoms with Gasteiger partial charge in [0, 0.05) is 45.0 Å². The van der Waals surface area contributed by atoms with Crippen LogP contribution in [0.1, 0.15) is 24.1 Å². The predicted molar refractivity (Wildman–Crippen MR) is 121 cm³/mol. The molecular weight excluding hydrogens is 471 g/mol. The number of likely N-dealkylation sites (tertiary alicyclic amines) is 1. The van der Waals surface area contributed by atoms with Crippen molar-refractivity contribution in [3.8, 4) is 0 Å². The van der Waals surface area contributed by atoms with Crippen LogP contribution in [0.3, 0.4) is 0 Å². The number of non-ortho nitro benzene ring substituents is 1. The molecule has 3 aromatic rings. The first-order chi connectivity index (χ1) is 16.1. The molecule has 5 rings (SSSR count). The lowest BCUT2D eigenvalue weighted by Gasteiger charge is -2.54. The lowest BCUT2D eigenvalue weighted by Crippen LogP contribution is -2.59. The monoisotopic (exact) mass is 491 g/mol. The number of aromatic nitrogens is 2. The number of alkyl halides is 3. The zero-order valence-electron chi connectivity index (χ0n) is 17.9. The van der Waals surface area contributed by atoms with Crippen molar-refractivity contribution in [2.24, 2.45) is 5.41 Å². The summed E-state index contributed by atoms with van der Waals surface area (Å²) in [7, 11) is 0. The maximum atomic E-state index is 13.2. The van der Waals surface area contributed by atoms with Gasteiger partial charge in [-0.1, -0.05) is 17.4 Å². The SMILES string of the molecule is O=c1nc(N2CCC3(CC2)CN(Cc2ccccn2)C3)sc2c([N+](=O)[O-])cc(C(F)(F)F)cc12. The zero-order chi connectivity index (χ0) is 24.1. The van der Waals surface area contributed by atoms with Crippen LogP contribution < -0.4 is 10.5 Å². The van der Waals surface area contributed by atoms with Gasteiger partial charge in [-0.3, -0.25) is 24.8 Å². The molecule has 2 aromatic heterocycles. The first-order valence-corrected chi connectivity index (χ1v) is 11.5.